The van der Waals surface area contributed by atoms with Gasteiger partial charge in [0.25, 0.3) is 0 Å². The Bertz CT molecular complexity index is 516. The van der Waals surface area contributed by atoms with Crippen molar-refractivity contribution in [1.82, 2.24) is 4.98 Å². The zero-order chi connectivity index (χ0) is 15.7. The Morgan fingerprint density at radius 1 is 1.14 bits per heavy atom. The molecule has 0 spiro atoms. The van der Waals surface area contributed by atoms with Gasteiger partial charge in [-0.2, -0.15) is 0 Å². The molecule has 0 bridgehead atoms. The average Bonchev–Trinajstić information content (AvgIpc) is 2.46. The molecule has 0 atom stereocenters. The Labute approximate surface area is 122 Å². The number of nitrogens with zero attached hydrogens (tertiary/aromatic N) is 1. The molecule has 7 heteroatoms. The Morgan fingerprint density at radius 2 is 1.86 bits per heavy atom. The lowest BCUT2D eigenvalue weighted by Gasteiger charge is -2.09. The second kappa shape index (κ2) is 8.68. The van der Waals surface area contributed by atoms with Crippen LogP contribution in [-0.2, 0) is 19.1 Å². The summed E-state index contributed by atoms with van der Waals surface area (Å²) in [6.45, 7) is 3.88. The van der Waals surface area contributed by atoms with E-state index >= 15 is 0 Å². The van der Waals surface area contributed by atoms with E-state index in [2.05, 4.69) is 10.3 Å². The highest BCUT2D eigenvalue weighted by molar-refractivity contribution is 6.01. The monoisotopic (exact) mass is 294 g/mol. The number of carbonyl (C=O) groups excluding carboxylic acids is 3. The summed E-state index contributed by atoms with van der Waals surface area (Å²) < 4.78 is 9.61. The number of rotatable bonds is 7. The number of amides is 1. The maximum absolute atomic E-state index is 11.8. The molecule has 0 aliphatic carbocycles. The molecule has 0 fully saturated rings. The fourth-order valence-electron chi connectivity index (χ4n) is 1.54. The molecule has 1 amide bonds. The molecular weight excluding hydrogens is 276 g/mol. The Hall–Kier alpha value is -2.44. The Balaban J connectivity index is 2.64. The highest BCUT2D eigenvalue weighted by atomic mass is 16.5. The van der Waals surface area contributed by atoms with Gasteiger partial charge in [0.2, 0.25) is 5.91 Å². The summed E-state index contributed by atoms with van der Waals surface area (Å²) >= 11 is 0. The van der Waals surface area contributed by atoms with Crippen molar-refractivity contribution in [1.29, 1.82) is 0 Å². The van der Waals surface area contributed by atoms with Crippen molar-refractivity contribution in [3.63, 3.8) is 0 Å². The molecule has 0 aliphatic rings. The first kappa shape index (κ1) is 16.6. The van der Waals surface area contributed by atoms with E-state index in [0.29, 0.717) is 5.69 Å². The molecule has 1 aromatic rings. The van der Waals surface area contributed by atoms with E-state index in [1.54, 1.807) is 13.8 Å². The average molecular weight is 294 g/mol. The van der Waals surface area contributed by atoms with Crippen LogP contribution in [0.15, 0.2) is 18.5 Å². The lowest BCUT2D eigenvalue weighted by Crippen LogP contribution is -2.17. The van der Waals surface area contributed by atoms with Gasteiger partial charge in [-0.25, -0.2) is 4.79 Å². The molecule has 1 aromatic heterocycles. The quantitative estimate of drug-likeness (QED) is 0.766. The van der Waals surface area contributed by atoms with Gasteiger partial charge in [0.1, 0.15) is 5.56 Å². The molecule has 1 heterocycles. The van der Waals surface area contributed by atoms with Gasteiger partial charge in [-0.1, -0.05) is 0 Å². The van der Waals surface area contributed by atoms with E-state index in [9.17, 15) is 14.4 Å². The lowest BCUT2D eigenvalue weighted by molar-refractivity contribution is -0.144. The second-order valence-electron chi connectivity index (χ2n) is 3.99. The zero-order valence-corrected chi connectivity index (χ0v) is 12.0. The van der Waals surface area contributed by atoms with Gasteiger partial charge in [-0.3, -0.25) is 14.6 Å². The van der Waals surface area contributed by atoms with Gasteiger partial charge >= 0.3 is 11.9 Å². The number of hydrogen-bond acceptors (Lipinski definition) is 6. The van der Waals surface area contributed by atoms with Crippen LogP contribution in [0.4, 0.5) is 5.69 Å². The molecule has 1 rings (SSSR count). The van der Waals surface area contributed by atoms with Crippen molar-refractivity contribution in [2.24, 2.45) is 0 Å². The van der Waals surface area contributed by atoms with Crippen molar-refractivity contribution in [2.45, 2.75) is 26.7 Å². The van der Waals surface area contributed by atoms with Crippen LogP contribution in [0, 0.1) is 0 Å². The minimum atomic E-state index is -0.564. The number of pyridine rings is 1. The maximum Gasteiger partial charge on any atom is 0.341 e. The molecule has 0 aliphatic heterocycles. The smallest absolute Gasteiger partial charge is 0.341 e. The van der Waals surface area contributed by atoms with E-state index in [1.165, 1.54) is 18.5 Å². The Kier molecular flexibility index (Phi) is 6.86. The van der Waals surface area contributed by atoms with Crippen molar-refractivity contribution >= 4 is 23.5 Å². The molecule has 114 valence electrons. The molecule has 0 saturated carbocycles. The first-order chi connectivity index (χ1) is 10.1. The molecular formula is C14H18N2O5. The van der Waals surface area contributed by atoms with Crippen LogP contribution in [0.1, 0.15) is 37.0 Å². The maximum atomic E-state index is 11.8. The van der Waals surface area contributed by atoms with E-state index < -0.39 is 11.9 Å². The largest absolute Gasteiger partial charge is 0.466 e. The highest BCUT2D eigenvalue weighted by Gasteiger charge is 2.15. The topological polar surface area (TPSA) is 94.6 Å². The number of nitrogens with one attached hydrogen (secondary N) is 1. The third kappa shape index (κ3) is 5.60. The minimum Gasteiger partial charge on any atom is -0.466 e. The molecule has 21 heavy (non-hydrogen) atoms. The number of anilines is 1. The summed E-state index contributed by atoms with van der Waals surface area (Å²) in [5.74, 6) is -1.39. The van der Waals surface area contributed by atoms with Crippen LogP contribution in [0.2, 0.25) is 0 Å². The molecule has 0 radical (unpaired) electrons. The van der Waals surface area contributed by atoms with E-state index in [4.69, 9.17) is 9.47 Å². The summed E-state index contributed by atoms with van der Waals surface area (Å²) in [5, 5.41) is 2.56. The fraction of sp³-hybridized carbons (Fsp3) is 0.429. The van der Waals surface area contributed by atoms with Crippen LogP contribution in [-0.4, -0.2) is 36.0 Å². The van der Waals surface area contributed by atoms with Gasteiger partial charge in [0, 0.05) is 18.8 Å². The summed E-state index contributed by atoms with van der Waals surface area (Å²) in [5.41, 5.74) is 0.473. The fourth-order valence-corrected chi connectivity index (χ4v) is 1.54. The number of aromatic nitrogens is 1. The van der Waals surface area contributed by atoms with Crippen LogP contribution in [0.25, 0.3) is 0 Å². The number of hydrogen-bond donors (Lipinski definition) is 1. The third-order valence-corrected chi connectivity index (χ3v) is 2.45. The molecule has 1 N–H and O–H groups in total. The Morgan fingerprint density at radius 3 is 2.52 bits per heavy atom. The van der Waals surface area contributed by atoms with Gasteiger partial charge < -0.3 is 14.8 Å². The van der Waals surface area contributed by atoms with Crippen LogP contribution in [0.3, 0.4) is 0 Å². The number of carbonyl (C=O) groups is 3. The summed E-state index contributed by atoms with van der Waals surface area (Å²) in [4.78, 5) is 38.5. The molecule has 0 unspecified atom stereocenters. The van der Waals surface area contributed by atoms with Gasteiger partial charge in [-0.15, -0.1) is 0 Å². The summed E-state index contributed by atoms with van der Waals surface area (Å²) in [6.07, 6.45) is 2.73. The third-order valence-electron chi connectivity index (χ3n) is 2.45. The predicted octanol–water partition coefficient (Wildman–Crippen LogP) is 1.54. The van der Waals surface area contributed by atoms with Gasteiger partial charge in [0.15, 0.2) is 0 Å². The van der Waals surface area contributed by atoms with E-state index in [0.717, 1.165) is 0 Å². The molecule has 0 saturated heterocycles. The van der Waals surface area contributed by atoms with Crippen LogP contribution >= 0.6 is 0 Å². The number of esters is 2. The van der Waals surface area contributed by atoms with Crippen molar-refractivity contribution in [3.8, 4) is 0 Å². The van der Waals surface area contributed by atoms with Crippen LogP contribution in [0.5, 0.6) is 0 Å². The van der Waals surface area contributed by atoms with Gasteiger partial charge in [-0.05, 0) is 19.9 Å². The van der Waals surface area contributed by atoms with Gasteiger partial charge in [0.05, 0.1) is 25.3 Å². The summed E-state index contributed by atoms with van der Waals surface area (Å²) in [6, 6.07) is 1.49. The molecule has 0 aromatic carbocycles. The first-order valence-electron chi connectivity index (χ1n) is 6.65. The lowest BCUT2D eigenvalue weighted by atomic mass is 10.2. The van der Waals surface area contributed by atoms with Crippen molar-refractivity contribution in [3.05, 3.63) is 24.0 Å². The zero-order valence-electron chi connectivity index (χ0n) is 12.0. The SMILES string of the molecule is CCOC(=O)CCC(=O)Nc1ccncc1C(=O)OCC. The normalized spacial score (nSPS) is 9.81. The van der Waals surface area contributed by atoms with Crippen LogP contribution < -0.4 is 5.32 Å². The second-order valence-corrected chi connectivity index (χ2v) is 3.99. The first-order valence-corrected chi connectivity index (χ1v) is 6.65. The van der Waals surface area contributed by atoms with E-state index in [-0.39, 0.29) is 37.5 Å². The standard InChI is InChI=1S/C14H18N2O5/c1-3-20-13(18)6-5-12(17)16-11-7-8-15-9-10(11)14(19)21-4-2/h7-9H,3-6H2,1-2H3,(H,15,16,17). The highest BCUT2D eigenvalue weighted by Crippen LogP contribution is 2.15. The number of ether oxygens (including phenoxy) is 2. The van der Waals surface area contributed by atoms with Crippen molar-refractivity contribution < 1.29 is 23.9 Å². The predicted molar refractivity (Wildman–Crippen MR) is 74.7 cm³/mol. The summed E-state index contributed by atoms with van der Waals surface area (Å²) in [7, 11) is 0. The minimum absolute atomic E-state index is 0.0144. The van der Waals surface area contributed by atoms with E-state index in [1.807, 2.05) is 0 Å². The molecule has 7 nitrogen and oxygen atoms in total. The van der Waals surface area contributed by atoms with Crippen molar-refractivity contribution in [2.75, 3.05) is 18.5 Å².